The Hall–Kier alpha value is -2.89. The molecule has 0 bridgehead atoms. The number of unbranched alkanes of at least 4 members (excludes halogenated alkanes) is 26. The molecule has 6 nitrogen and oxygen atoms in total. The molecule has 358 valence electrons. The maximum Gasteiger partial charge on any atom is 0.306 e. The zero-order valence-electron chi connectivity index (χ0n) is 40.9. The van der Waals surface area contributed by atoms with Crippen molar-refractivity contribution in [1.29, 1.82) is 0 Å². The predicted octanol–water partition coefficient (Wildman–Crippen LogP) is 17.3. The van der Waals surface area contributed by atoms with Crippen LogP contribution in [0.3, 0.4) is 0 Å². The van der Waals surface area contributed by atoms with Gasteiger partial charge < -0.3 is 14.2 Å². The van der Waals surface area contributed by atoms with E-state index in [9.17, 15) is 14.4 Å². The van der Waals surface area contributed by atoms with Crippen molar-refractivity contribution in [3.63, 3.8) is 0 Å². The zero-order valence-corrected chi connectivity index (χ0v) is 40.9. The highest BCUT2D eigenvalue weighted by atomic mass is 16.6. The Bertz CT molecular complexity index is 1130. The highest BCUT2D eigenvalue weighted by Crippen LogP contribution is 2.15. The first-order valence-electron chi connectivity index (χ1n) is 26.3. The van der Waals surface area contributed by atoms with Gasteiger partial charge in [0.05, 0.1) is 0 Å². The molecule has 0 aliphatic carbocycles. The van der Waals surface area contributed by atoms with Gasteiger partial charge in [-0.15, -0.1) is 0 Å². The van der Waals surface area contributed by atoms with E-state index in [1.54, 1.807) is 0 Å². The van der Waals surface area contributed by atoms with Crippen LogP contribution in [0.25, 0.3) is 0 Å². The van der Waals surface area contributed by atoms with E-state index >= 15 is 0 Å². The molecule has 0 saturated heterocycles. The van der Waals surface area contributed by atoms with Gasteiger partial charge in [0.15, 0.2) is 6.10 Å². The summed E-state index contributed by atoms with van der Waals surface area (Å²) in [6.45, 7) is 6.46. The summed E-state index contributed by atoms with van der Waals surface area (Å²) in [7, 11) is 0. The SMILES string of the molecule is CC/C=C\C/C=C\C/C=C\CCCC(=O)OCC(COC(=O)CCCCCCCCC/C=C\C/C=C\CCCCC)OC(=O)CCCCCCCCCCCCCCCCCC. The van der Waals surface area contributed by atoms with Crippen LogP contribution >= 0.6 is 0 Å². The second-order valence-electron chi connectivity index (χ2n) is 17.4. The van der Waals surface area contributed by atoms with Crippen LogP contribution in [-0.2, 0) is 28.6 Å². The standard InChI is InChI=1S/C56H98O6/c1-4-7-10-13-16-19-22-24-26-28-30-31-34-37-40-43-46-49-55(58)61-52-53(51-60-54(57)48-45-42-39-36-33-21-18-15-12-9-6-3)62-56(59)50-47-44-41-38-35-32-29-27-25-23-20-17-14-11-8-5-2/h9,12,16,18-19,21,24,26,36,39,53H,4-8,10-11,13-15,17,20,22-23,25,27-35,37-38,40-52H2,1-3H3/b12-9-,19-16-,21-18-,26-24-,39-36-. The molecule has 6 heteroatoms. The molecular weight excluding hydrogens is 769 g/mol. The van der Waals surface area contributed by atoms with Gasteiger partial charge in [0.2, 0.25) is 0 Å². The Balaban J connectivity index is 4.38. The number of esters is 3. The molecule has 0 aliphatic heterocycles. The topological polar surface area (TPSA) is 78.9 Å². The van der Waals surface area contributed by atoms with Crippen LogP contribution in [0.15, 0.2) is 60.8 Å². The number of allylic oxidation sites excluding steroid dienone is 10. The summed E-state index contributed by atoms with van der Waals surface area (Å²) >= 11 is 0. The largest absolute Gasteiger partial charge is 0.462 e. The Labute approximate surface area is 383 Å². The van der Waals surface area contributed by atoms with Crippen molar-refractivity contribution >= 4 is 17.9 Å². The highest BCUT2D eigenvalue weighted by molar-refractivity contribution is 5.71. The van der Waals surface area contributed by atoms with Crippen LogP contribution in [0.2, 0.25) is 0 Å². The number of ether oxygens (including phenoxy) is 3. The van der Waals surface area contributed by atoms with E-state index in [1.807, 2.05) is 0 Å². The predicted molar refractivity (Wildman–Crippen MR) is 265 cm³/mol. The Morgan fingerprint density at radius 3 is 1.08 bits per heavy atom. The first-order chi connectivity index (χ1) is 30.5. The quantitative estimate of drug-likeness (QED) is 0.0262. The minimum Gasteiger partial charge on any atom is -0.462 e. The van der Waals surface area contributed by atoms with Crippen molar-refractivity contribution in [3.05, 3.63) is 60.8 Å². The lowest BCUT2D eigenvalue weighted by Gasteiger charge is -2.18. The summed E-state index contributed by atoms with van der Waals surface area (Å²) < 4.78 is 16.7. The van der Waals surface area contributed by atoms with Crippen LogP contribution in [0, 0.1) is 0 Å². The van der Waals surface area contributed by atoms with Crippen LogP contribution in [0.1, 0.15) is 258 Å². The lowest BCUT2D eigenvalue weighted by Crippen LogP contribution is -2.30. The normalized spacial score (nSPS) is 12.5. The van der Waals surface area contributed by atoms with E-state index in [-0.39, 0.29) is 37.5 Å². The van der Waals surface area contributed by atoms with Crippen LogP contribution in [-0.4, -0.2) is 37.2 Å². The van der Waals surface area contributed by atoms with Crippen molar-refractivity contribution in [1.82, 2.24) is 0 Å². The molecule has 1 unspecified atom stereocenters. The van der Waals surface area contributed by atoms with Gasteiger partial charge >= 0.3 is 17.9 Å². The Morgan fingerprint density at radius 2 is 0.645 bits per heavy atom. The van der Waals surface area contributed by atoms with E-state index in [1.165, 1.54) is 135 Å². The van der Waals surface area contributed by atoms with Gasteiger partial charge in [-0.05, 0) is 77.0 Å². The highest BCUT2D eigenvalue weighted by Gasteiger charge is 2.19. The third-order valence-electron chi connectivity index (χ3n) is 11.3. The summed E-state index contributed by atoms with van der Waals surface area (Å²) in [5.74, 6) is -0.949. The van der Waals surface area contributed by atoms with Gasteiger partial charge in [-0.25, -0.2) is 0 Å². The van der Waals surface area contributed by atoms with Crippen LogP contribution in [0.5, 0.6) is 0 Å². The first kappa shape index (κ1) is 59.1. The van der Waals surface area contributed by atoms with Crippen molar-refractivity contribution in [2.75, 3.05) is 13.2 Å². The monoisotopic (exact) mass is 867 g/mol. The van der Waals surface area contributed by atoms with Gasteiger partial charge in [-0.2, -0.15) is 0 Å². The molecule has 0 rings (SSSR count). The molecule has 0 aromatic rings. The molecule has 0 aromatic heterocycles. The van der Waals surface area contributed by atoms with Crippen LogP contribution in [0.4, 0.5) is 0 Å². The maximum absolute atomic E-state index is 12.8. The van der Waals surface area contributed by atoms with E-state index in [2.05, 4.69) is 81.5 Å². The fourth-order valence-electron chi connectivity index (χ4n) is 7.32. The van der Waals surface area contributed by atoms with Crippen molar-refractivity contribution in [2.45, 2.75) is 264 Å². The summed E-state index contributed by atoms with van der Waals surface area (Å²) in [4.78, 5) is 37.9. The van der Waals surface area contributed by atoms with Gasteiger partial charge in [0.1, 0.15) is 13.2 Å². The number of carbonyl (C=O) groups excluding carboxylic acids is 3. The molecular formula is C56H98O6. The van der Waals surface area contributed by atoms with Gasteiger partial charge in [-0.3, -0.25) is 14.4 Å². The first-order valence-corrected chi connectivity index (χ1v) is 26.3. The third kappa shape index (κ3) is 48.1. The molecule has 0 saturated carbocycles. The average molecular weight is 867 g/mol. The number of hydrogen-bond acceptors (Lipinski definition) is 6. The second kappa shape index (κ2) is 50.8. The summed E-state index contributed by atoms with van der Waals surface area (Å²) in [6.07, 6.45) is 62.1. The van der Waals surface area contributed by atoms with E-state index < -0.39 is 6.10 Å². The molecule has 62 heavy (non-hydrogen) atoms. The third-order valence-corrected chi connectivity index (χ3v) is 11.3. The van der Waals surface area contributed by atoms with E-state index in [0.717, 1.165) is 77.0 Å². The minimum atomic E-state index is -0.794. The second-order valence-corrected chi connectivity index (χ2v) is 17.4. The number of carbonyl (C=O) groups is 3. The smallest absolute Gasteiger partial charge is 0.306 e. The molecule has 0 N–H and O–H groups in total. The fourth-order valence-corrected chi connectivity index (χ4v) is 7.32. The lowest BCUT2D eigenvalue weighted by molar-refractivity contribution is -0.167. The molecule has 0 heterocycles. The molecule has 0 radical (unpaired) electrons. The molecule has 0 aromatic carbocycles. The van der Waals surface area contributed by atoms with Gasteiger partial charge in [0, 0.05) is 19.3 Å². The number of rotatable bonds is 47. The Kier molecular flexibility index (Phi) is 48.4. The van der Waals surface area contributed by atoms with Crippen molar-refractivity contribution < 1.29 is 28.6 Å². The van der Waals surface area contributed by atoms with Crippen LogP contribution < -0.4 is 0 Å². The molecule has 0 amide bonds. The minimum absolute atomic E-state index is 0.0923. The fraction of sp³-hybridized carbons (Fsp3) is 0.768. The molecule has 1 atom stereocenters. The Morgan fingerprint density at radius 1 is 0.339 bits per heavy atom. The molecule has 0 spiro atoms. The van der Waals surface area contributed by atoms with E-state index in [0.29, 0.717) is 19.3 Å². The van der Waals surface area contributed by atoms with Gasteiger partial charge in [0.25, 0.3) is 0 Å². The van der Waals surface area contributed by atoms with Crippen molar-refractivity contribution in [3.8, 4) is 0 Å². The zero-order chi connectivity index (χ0) is 45.1. The average Bonchev–Trinajstić information content (AvgIpc) is 3.27. The molecule has 0 fully saturated rings. The summed E-state index contributed by atoms with van der Waals surface area (Å²) in [5.41, 5.74) is 0. The van der Waals surface area contributed by atoms with Crippen molar-refractivity contribution in [2.24, 2.45) is 0 Å². The van der Waals surface area contributed by atoms with E-state index in [4.69, 9.17) is 14.2 Å². The maximum atomic E-state index is 12.8. The van der Waals surface area contributed by atoms with Gasteiger partial charge in [-0.1, -0.05) is 223 Å². The summed E-state index contributed by atoms with van der Waals surface area (Å²) in [6, 6.07) is 0. The lowest BCUT2D eigenvalue weighted by atomic mass is 10.0. The summed E-state index contributed by atoms with van der Waals surface area (Å²) in [5, 5.41) is 0. The number of hydrogen-bond donors (Lipinski definition) is 0. The molecule has 0 aliphatic rings.